The Hall–Kier alpha value is -1.11. The van der Waals surface area contributed by atoms with Crippen molar-refractivity contribution in [1.82, 2.24) is 4.31 Å². The van der Waals surface area contributed by atoms with Gasteiger partial charge in [-0.1, -0.05) is 12.1 Å². The van der Waals surface area contributed by atoms with Crippen LogP contribution in [0, 0.1) is 0 Å². The van der Waals surface area contributed by atoms with E-state index in [2.05, 4.69) is 0 Å². The molecular formula is C13H19NO4S. The van der Waals surface area contributed by atoms with E-state index in [0.29, 0.717) is 19.7 Å². The molecule has 1 aromatic carbocycles. The van der Waals surface area contributed by atoms with E-state index in [0.717, 1.165) is 11.3 Å². The van der Waals surface area contributed by atoms with Crippen molar-refractivity contribution in [2.45, 2.75) is 13.0 Å². The number of methoxy groups -OCH3 is 1. The molecule has 6 heteroatoms. The van der Waals surface area contributed by atoms with E-state index in [1.54, 1.807) is 14.0 Å². The van der Waals surface area contributed by atoms with Crippen LogP contribution in [0.4, 0.5) is 0 Å². The molecule has 0 aliphatic carbocycles. The first kappa shape index (κ1) is 14.3. The van der Waals surface area contributed by atoms with Gasteiger partial charge in [0.05, 0.1) is 25.6 Å². The summed E-state index contributed by atoms with van der Waals surface area (Å²) in [5.41, 5.74) is 0.969. The summed E-state index contributed by atoms with van der Waals surface area (Å²) < 4.78 is 36.0. The highest BCUT2D eigenvalue weighted by Gasteiger charge is 2.28. The van der Waals surface area contributed by atoms with Crippen LogP contribution in [-0.2, 0) is 14.8 Å². The van der Waals surface area contributed by atoms with Gasteiger partial charge in [-0.25, -0.2) is 8.42 Å². The van der Waals surface area contributed by atoms with Gasteiger partial charge >= 0.3 is 0 Å². The van der Waals surface area contributed by atoms with Gasteiger partial charge in [0.2, 0.25) is 10.0 Å². The fourth-order valence-corrected chi connectivity index (χ4v) is 3.16. The monoisotopic (exact) mass is 285 g/mol. The average Bonchev–Trinajstić information content (AvgIpc) is 2.47. The number of nitrogens with zero attached hydrogens (tertiary/aromatic N) is 1. The smallest absolute Gasteiger partial charge is 0.214 e. The fraction of sp³-hybridized carbons (Fsp3) is 0.538. The van der Waals surface area contributed by atoms with Crippen LogP contribution in [0.25, 0.3) is 0 Å². The number of hydrogen-bond acceptors (Lipinski definition) is 4. The molecule has 1 saturated heterocycles. The maximum Gasteiger partial charge on any atom is 0.214 e. The van der Waals surface area contributed by atoms with Crippen molar-refractivity contribution in [2.75, 3.05) is 32.6 Å². The molecule has 1 fully saturated rings. The lowest BCUT2D eigenvalue weighted by Crippen LogP contribution is -2.42. The van der Waals surface area contributed by atoms with E-state index in [9.17, 15) is 8.42 Å². The Morgan fingerprint density at radius 2 is 2.05 bits per heavy atom. The second-order valence-corrected chi connectivity index (χ2v) is 6.65. The van der Waals surface area contributed by atoms with Gasteiger partial charge in [-0.05, 0) is 24.6 Å². The van der Waals surface area contributed by atoms with Crippen molar-refractivity contribution >= 4 is 10.0 Å². The minimum absolute atomic E-state index is 0.127. The molecule has 19 heavy (non-hydrogen) atoms. The zero-order valence-electron chi connectivity index (χ0n) is 11.2. The fourth-order valence-electron chi connectivity index (χ4n) is 2.08. The number of ether oxygens (including phenoxy) is 2. The molecule has 0 bridgehead atoms. The molecule has 0 N–H and O–H groups in total. The zero-order chi connectivity index (χ0) is 13.9. The van der Waals surface area contributed by atoms with Crippen molar-refractivity contribution < 1.29 is 17.9 Å². The SMILES string of the molecule is CCS(=O)(=O)N1CCOC(c2ccc(OC)cc2)C1. The van der Waals surface area contributed by atoms with E-state index < -0.39 is 10.0 Å². The molecule has 1 atom stereocenters. The Labute approximate surface area is 114 Å². The average molecular weight is 285 g/mol. The largest absolute Gasteiger partial charge is 0.497 e. The van der Waals surface area contributed by atoms with Crippen LogP contribution in [0.5, 0.6) is 5.75 Å². The third kappa shape index (κ3) is 3.26. The van der Waals surface area contributed by atoms with E-state index in [-0.39, 0.29) is 11.9 Å². The first-order chi connectivity index (χ1) is 9.06. The zero-order valence-corrected chi connectivity index (χ0v) is 12.0. The lowest BCUT2D eigenvalue weighted by molar-refractivity contribution is -0.00252. The summed E-state index contributed by atoms with van der Waals surface area (Å²) in [5, 5.41) is 0. The van der Waals surface area contributed by atoms with Crippen LogP contribution in [0.15, 0.2) is 24.3 Å². The van der Waals surface area contributed by atoms with Crippen LogP contribution in [0.3, 0.4) is 0 Å². The molecule has 0 spiro atoms. The van der Waals surface area contributed by atoms with E-state index in [1.807, 2.05) is 24.3 Å². The van der Waals surface area contributed by atoms with Gasteiger partial charge in [0, 0.05) is 13.1 Å². The Balaban J connectivity index is 2.12. The topological polar surface area (TPSA) is 55.8 Å². The maximum absolute atomic E-state index is 11.9. The molecule has 0 aromatic heterocycles. The summed E-state index contributed by atoms with van der Waals surface area (Å²) in [6.07, 6.45) is -0.207. The molecule has 2 rings (SSSR count). The standard InChI is InChI=1S/C13H19NO4S/c1-3-19(15,16)14-8-9-18-13(10-14)11-4-6-12(17-2)7-5-11/h4-7,13H,3,8-10H2,1-2H3. The van der Waals surface area contributed by atoms with Crippen LogP contribution >= 0.6 is 0 Å². The van der Waals surface area contributed by atoms with Crippen molar-refractivity contribution in [3.63, 3.8) is 0 Å². The van der Waals surface area contributed by atoms with Crippen LogP contribution in [0.2, 0.25) is 0 Å². The highest BCUT2D eigenvalue weighted by Crippen LogP contribution is 2.25. The third-order valence-corrected chi connectivity index (χ3v) is 5.12. The molecule has 106 valence electrons. The lowest BCUT2D eigenvalue weighted by Gasteiger charge is -2.32. The molecular weight excluding hydrogens is 266 g/mol. The van der Waals surface area contributed by atoms with Gasteiger partial charge in [-0.15, -0.1) is 0 Å². The summed E-state index contributed by atoms with van der Waals surface area (Å²) in [6.45, 7) is 2.90. The molecule has 5 nitrogen and oxygen atoms in total. The summed E-state index contributed by atoms with van der Waals surface area (Å²) in [6, 6.07) is 7.52. The summed E-state index contributed by atoms with van der Waals surface area (Å²) in [7, 11) is -1.53. The Morgan fingerprint density at radius 1 is 1.37 bits per heavy atom. The number of hydrogen-bond donors (Lipinski definition) is 0. The van der Waals surface area contributed by atoms with Gasteiger partial charge in [0.1, 0.15) is 5.75 Å². The third-order valence-electron chi connectivity index (χ3n) is 3.27. The molecule has 0 radical (unpaired) electrons. The quantitative estimate of drug-likeness (QED) is 0.839. The molecule has 1 aromatic rings. The minimum atomic E-state index is -3.15. The number of sulfonamides is 1. The first-order valence-corrected chi connectivity index (χ1v) is 7.91. The van der Waals surface area contributed by atoms with Crippen molar-refractivity contribution in [1.29, 1.82) is 0 Å². The Bertz CT molecular complexity index is 512. The molecule has 0 saturated carbocycles. The molecule has 1 unspecified atom stereocenters. The van der Waals surface area contributed by atoms with Gasteiger partial charge in [0.25, 0.3) is 0 Å². The van der Waals surface area contributed by atoms with Gasteiger partial charge < -0.3 is 9.47 Å². The second-order valence-electron chi connectivity index (χ2n) is 4.39. The predicted molar refractivity (Wildman–Crippen MR) is 72.7 cm³/mol. The Kier molecular flexibility index (Phi) is 4.44. The first-order valence-electron chi connectivity index (χ1n) is 6.30. The van der Waals surface area contributed by atoms with Crippen molar-refractivity contribution in [3.05, 3.63) is 29.8 Å². The number of morpholine rings is 1. The normalized spacial score (nSPS) is 21.3. The van der Waals surface area contributed by atoms with Gasteiger partial charge in [-0.2, -0.15) is 4.31 Å². The van der Waals surface area contributed by atoms with Crippen molar-refractivity contribution in [2.24, 2.45) is 0 Å². The van der Waals surface area contributed by atoms with E-state index in [1.165, 1.54) is 4.31 Å². The molecule has 1 heterocycles. The minimum Gasteiger partial charge on any atom is -0.497 e. The van der Waals surface area contributed by atoms with Gasteiger partial charge in [-0.3, -0.25) is 0 Å². The highest BCUT2D eigenvalue weighted by molar-refractivity contribution is 7.89. The van der Waals surface area contributed by atoms with Crippen LogP contribution in [-0.4, -0.2) is 45.3 Å². The molecule has 0 amide bonds. The number of rotatable bonds is 4. The highest BCUT2D eigenvalue weighted by atomic mass is 32.2. The maximum atomic E-state index is 11.9. The van der Waals surface area contributed by atoms with E-state index in [4.69, 9.17) is 9.47 Å². The summed E-state index contributed by atoms with van der Waals surface area (Å²) in [5.74, 6) is 0.903. The summed E-state index contributed by atoms with van der Waals surface area (Å²) >= 11 is 0. The Morgan fingerprint density at radius 3 is 2.63 bits per heavy atom. The second kappa shape index (κ2) is 5.90. The van der Waals surface area contributed by atoms with Gasteiger partial charge in [0.15, 0.2) is 0 Å². The molecule has 1 aliphatic rings. The number of benzene rings is 1. The van der Waals surface area contributed by atoms with Crippen molar-refractivity contribution in [3.8, 4) is 5.75 Å². The summed E-state index contributed by atoms with van der Waals surface area (Å²) in [4.78, 5) is 0. The predicted octanol–water partition coefficient (Wildman–Crippen LogP) is 1.42. The van der Waals surface area contributed by atoms with Crippen LogP contribution in [0.1, 0.15) is 18.6 Å². The van der Waals surface area contributed by atoms with E-state index >= 15 is 0 Å². The molecule has 1 aliphatic heterocycles. The lowest BCUT2D eigenvalue weighted by atomic mass is 10.1. The van der Waals surface area contributed by atoms with Crippen LogP contribution < -0.4 is 4.74 Å².